The Kier molecular flexibility index (Phi) is 9.28. The molecule has 0 radical (unpaired) electrons. The third kappa shape index (κ3) is 5.09. The first-order chi connectivity index (χ1) is 11.6. The molecule has 0 aromatic heterocycles. The average molecular weight is 373 g/mol. The molecule has 0 saturated heterocycles. The molecule has 0 spiro atoms. The third-order valence-corrected chi connectivity index (χ3v) is 4.23. The number of amides is 1. The minimum Gasteiger partial charge on any atom is -0.497 e. The Morgan fingerprint density at radius 2 is 1.33 bits per heavy atom. The van der Waals surface area contributed by atoms with Gasteiger partial charge in [-0.1, -0.05) is 22.3 Å². The maximum absolute atomic E-state index is 11.2. The maximum Gasteiger partial charge on any atom is 0.251 e. The summed E-state index contributed by atoms with van der Waals surface area (Å²) < 4.78 is 10.1. The van der Waals surface area contributed by atoms with E-state index in [0.29, 0.717) is 13.0 Å². The minimum absolute atomic E-state index is 0. The minimum atomic E-state index is 0. The van der Waals surface area contributed by atoms with Crippen molar-refractivity contribution < 1.29 is 19.1 Å². The first kappa shape index (κ1) is 24.2. The van der Waals surface area contributed by atoms with Crippen LogP contribution in [0.15, 0.2) is 36.4 Å². The summed E-state index contributed by atoms with van der Waals surface area (Å²) in [5.41, 5.74) is 3.77. The molecule has 1 aliphatic carbocycles. The number of nitrogens with one attached hydrogen (secondary N) is 1. The molecule has 4 rings (SSSR count). The predicted octanol–water partition coefficient (Wildman–Crippen LogP) is 4.67. The Labute approximate surface area is 162 Å². The molecule has 2 aromatic carbocycles. The normalized spacial score (nSPS) is 12.7. The number of benzene rings is 2. The Morgan fingerprint density at radius 1 is 0.778 bits per heavy atom. The molecule has 2 aliphatic rings. The second-order valence-corrected chi connectivity index (χ2v) is 5.65. The molecule has 0 bridgehead atoms. The van der Waals surface area contributed by atoms with Crippen LogP contribution in [-0.2, 0) is 13.0 Å². The quantitative estimate of drug-likeness (QED) is 0.831. The van der Waals surface area contributed by atoms with Gasteiger partial charge in [-0.3, -0.25) is 9.59 Å². The molecular formula is C22H31NO4. The van der Waals surface area contributed by atoms with Crippen LogP contribution in [-0.4, -0.2) is 25.9 Å². The topological polar surface area (TPSA) is 64.6 Å². The van der Waals surface area contributed by atoms with Crippen LogP contribution in [0.1, 0.15) is 60.5 Å². The van der Waals surface area contributed by atoms with E-state index in [2.05, 4.69) is 5.32 Å². The lowest BCUT2D eigenvalue weighted by Crippen LogP contribution is -2.12. The summed E-state index contributed by atoms with van der Waals surface area (Å²) in [6.45, 7) is 0.616. The van der Waals surface area contributed by atoms with Crippen LogP contribution in [0, 0.1) is 0 Å². The zero-order valence-electron chi connectivity index (χ0n) is 13.7. The van der Waals surface area contributed by atoms with Crippen molar-refractivity contribution in [3.63, 3.8) is 0 Å². The molecule has 0 unspecified atom stereocenters. The van der Waals surface area contributed by atoms with Gasteiger partial charge in [-0.25, -0.2) is 0 Å². The van der Waals surface area contributed by atoms with Crippen molar-refractivity contribution >= 4 is 11.7 Å². The smallest absolute Gasteiger partial charge is 0.251 e. The number of methoxy groups -OCH3 is 2. The summed E-state index contributed by atoms with van der Waals surface area (Å²) in [5, 5.41) is 2.74. The summed E-state index contributed by atoms with van der Waals surface area (Å²) >= 11 is 0. The van der Waals surface area contributed by atoms with Crippen molar-refractivity contribution in [1.29, 1.82) is 0 Å². The highest BCUT2D eigenvalue weighted by atomic mass is 16.5. The van der Waals surface area contributed by atoms with E-state index in [-0.39, 0.29) is 34.0 Å². The first-order valence-corrected chi connectivity index (χ1v) is 7.77. The Balaban J connectivity index is 0.000000451. The summed E-state index contributed by atoms with van der Waals surface area (Å²) in [6, 6.07) is 11.1. The van der Waals surface area contributed by atoms with Crippen LogP contribution in [0.25, 0.3) is 0 Å². The summed E-state index contributed by atoms with van der Waals surface area (Å²) in [4.78, 5) is 22.3. The molecule has 1 N–H and O–H groups in total. The van der Waals surface area contributed by atoms with Crippen LogP contribution >= 0.6 is 0 Å². The molecular weight excluding hydrogens is 342 g/mol. The van der Waals surface area contributed by atoms with E-state index in [9.17, 15) is 9.59 Å². The van der Waals surface area contributed by atoms with E-state index in [1.165, 1.54) is 0 Å². The van der Waals surface area contributed by atoms with Gasteiger partial charge in [0.05, 0.1) is 14.2 Å². The highest BCUT2D eigenvalue weighted by Gasteiger charge is 2.19. The van der Waals surface area contributed by atoms with E-state index in [1.807, 2.05) is 24.3 Å². The summed E-state index contributed by atoms with van der Waals surface area (Å²) in [7, 11) is 3.25. The largest absolute Gasteiger partial charge is 0.497 e. The standard InChI is InChI=1S/C10H10O2.C9H9NO2.3CH4/c1-12-8-3-4-9-7(6-8)2-5-10(9)11;1-12-7-2-3-8-6(4-7)5-10-9(8)11;;;/h3-4,6H,2,5H2,1H3;2-4H,5H2,1H3,(H,10,11);3*1H4. The summed E-state index contributed by atoms with van der Waals surface area (Å²) in [5.74, 6) is 1.90. The van der Waals surface area contributed by atoms with Crippen LogP contribution in [0.2, 0.25) is 0 Å². The number of fused-ring (bicyclic) bond motifs is 2. The second kappa shape index (κ2) is 10.4. The van der Waals surface area contributed by atoms with Gasteiger partial charge in [0.2, 0.25) is 0 Å². The fourth-order valence-electron chi connectivity index (χ4n) is 2.89. The number of ketones is 1. The lowest BCUT2D eigenvalue weighted by atomic mass is 10.1. The van der Waals surface area contributed by atoms with Gasteiger partial charge in [-0.15, -0.1) is 0 Å². The second-order valence-electron chi connectivity index (χ2n) is 5.65. The van der Waals surface area contributed by atoms with Crippen molar-refractivity contribution in [1.82, 2.24) is 5.32 Å². The lowest BCUT2D eigenvalue weighted by Gasteiger charge is -2.01. The fourth-order valence-corrected chi connectivity index (χ4v) is 2.89. The Hall–Kier alpha value is -2.82. The van der Waals surface area contributed by atoms with Gasteiger partial charge in [0.1, 0.15) is 11.5 Å². The van der Waals surface area contributed by atoms with Gasteiger partial charge in [-0.05, 0) is 53.9 Å². The monoisotopic (exact) mass is 373 g/mol. The highest BCUT2D eigenvalue weighted by molar-refractivity contribution is 6.00. The number of aryl methyl sites for hydroxylation is 1. The van der Waals surface area contributed by atoms with Gasteiger partial charge < -0.3 is 14.8 Å². The van der Waals surface area contributed by atoms with Crippen molar-refractivity contribution in [3.8, 4) is 11.5 Å². The number of ether oxygens (including phenoxy) is 2. The first-order valence-electron chi connectivity index (χ1n) is 7.77. The molecule has 1 aliphatic heterocycles. The van der Waals surface area contributed by atoms with E-state index >= 15 is 0 Å². The fraction of sp³-hybridized carbons (Fsp3) is 0.364. The molecule has 0 atom stereocenters. The zero-order chi connectivity index (χ0) is 17.1. The van der Waals surface area contributed by atoms with Crippen LogP contribution in [0.5, 0.6) is 11.5 Å². The van der Waals surface area contributed by atoms with E-state index in [0.717, 1.165) is 40.2 Å². The van der Waals surface area contributed by atoms with E-state index in [4.69, 9.17) is 9.47 Å². The number of hydrogen-bond acceptors (Lipinski definition) is 4. The van der Waals surface area contributed by atoms with Gasteiger partial charge >= 0.3 is 0 Å². The van der Waals surface area contributed by atoms with Crippen molar-refractivity contribution in [2.24, 2.45) is 0 Å². The Bertz CT molecular complexity index is 731. The SMILES string of the molecule is C.C.C.COc1ccc2c(c1)CCC2=O.COc1ccc2c(c1)CNC2=O. The van der Waals surface area contributed by atoms with Crippen LogP contribution in [0.4, 0.5) is 0 Å². The molecule has 0 saturated carbocycles. The molecule has 1 amide bonds. The van der Waals surface area contributed by atoms with Crippen LogP contribution < -0.4 is 14.8 Å². The van der Waals surface area contributed by atoms with Crippen LogP contribution in [0.3, 0.4) is 0 Å². The Morgan fingerprint density at radius 3 is 1.93 bits per heavy atom. The number of carbonyl (C=O) groups excluding carboxylic acids is 2. The van der Waals surface area contributed by atoms with Gasteiger partial charge in [-0.2, -0.15) is 0 Å². The van der Waals surface area contributed by atoms with E-state index in [1.54, 1.807) is 26.4 Å². The number of hydrogen-bond donors (Lipinski definition) is 1. The molecule has 27 heavy (non-hydrogen) atoms. The molecule has 0 fully saturated rings. The molecule has 1 heterocycles. The van der Waals surface area contributed by atoms with Gasteiger partial charge in [0.25, 0.3) is 5.91 Å². The summed E-state index contributed by atoms with van der Waals surface area (Å²) in [6.07, 6.45) is 1.52. The van der Waals surface area contributed by atoms with Crippen molar-refractivity contribution in [2.45, 2.75) is 41.7 Å². The molecule has 5 heteroatoms. The molecule has 2 aromatic rings. The molecule has 5 nitrogen and oxygen atoms in total. The molecule has 148 valence electrons. The number of carbonyl (C=O) groups is 2. The van der Waals surface area contributed by atoms with Crippen molar-refractivity contribution in [2.75, 3.05) is 14.2 Å². The average Bonchev–Trinajstić information content (AvgIpc) is 3.18. The van der Waals surface area contributed by atoms with Gasteiger partial charge in [0, 0.05) is 24.1 Å². The highest BCUT2D eigenvalue weighted by Crippen LogP contribution is 2.25. The lowest BCUT2D eigenvalue weighted by molar-refractivity contribution is 0.0963. The number of Topliss-reactive ketones (excluding diaryl/α,β-unsaturated/α-hetero) is 1. The predicted molar refractivity (Wildman–Crippen MR) is 110 cm³/mol. The zero-order valence-corrected chi connectivity index (χ0v) is 13.7. The third-order valence-electron chi connectivity index (χ3n) is 4.23. The van der Waals surface area contributed by atoms with Crippen molar-refractivity contribution in [3.05, 3.63) is 58.7 Å². The maximum atomic E-state index is 11.2. The number of rotatable bonds is 2. The van der Waals surface area contributed by atoms with Gasteiger partial charge in [0.15, 0.2) is 5.78 Å². The van der Waals surface area contributed by atoms with E-state index < -0.39 is 0 Å².